The van der Waals surface area contributed by atoms with Gasteiger partial charge in [-0.15, -0.1) is 0 Å². The highest BCUT2D eigenvalue weighted by atomic mass is 16.6. The van der Waals surface area contributed by atoms with Crippen molar-refractivity contribution in [3.63, 3.8) is 0 Å². The maximum absolute atomic E-state index is 13.4. The standard InChI is InChI=1S/C21H18N2O6/c1-4-29-21(26)22-23-17-11-7-5-6-8-12(11)18(24)15(17)13-9-10-14(27-2)19(28-3)16(13)20(23)25/h5-10H,4H2,1-3H3,(H,22,26). The van der Waals surface area contributed by atoms with E-state index in [-0.39, 0.29) is 23.5 Å². The molecule has 1 aliphatic rings. The van der Waals surface area contributed by atoms with Crippen LogP contribution in [0.25, 0.3) is 22.0 Å². The minimum atomic E-state index is -0.810. The lowest BCUT2D eigenvalue weighted by molar-refractivity contribution is 0.104. The van der Waals surface area contributed by atoms with Gasteiger partial charge in [-0.2, -0.15) is 0 Å². The molecule has 0 bridgehead atoms. The average Bonchev–Trinajstić information content (AvgIpc) is 3.03. The molecule has 0 saturated carbocycles. The second kappa shape index (κ2) is 6.97. The lowest BCUT2D eigenvalue weighted by Crippen LogP contribution is -2.35. The normalized spacial score (nSPS) is 11.8. The fraction of sp³-hybridized carbons (Fsp3) is 0.190. The maximum atomic E-state index is 13.4. The minimum absolute atomic E-state index is 0.128. The van der Waals surface area contributed by atoms with Crippen LogP contribution in [0.15, 0.2) is 41.2 Å². The summed E-state index contributed by atoms with van der Waals surface area (Å²) in [5, 5.41) is 0.550. The number of pyridine rings is 1. The van der Waals surface area contributed by atoms with Crippen molar-refractivity contribution >= 4 is 22.6 Å². The number of methoxy groups -OCH3 is 2. The highest BCUT2D eigenvalue weighted by molar-refractivity contribution is 6.27. The predicted octanol–water partition coefficient (Wildman–Crippen LogP) is 2.93. The van der Waals surface area contributed by atoms with Crippen LogP contribution in [0, 0.1) is 0 Å². The Morgan fingerprint density at radius 3 is 2.41 bits per heavy atom. The molecule has 1 amide bonds. The van der Waals surface area contributed by atoms with Crippen LogP contribution in [0.5, 0.6) is 11.5 Å². The highest BCUT2D eigenvalue weighted by Gasteiger charge is 2.34. The van der Waals surface area contributed by atoms with Crippen LogP contribution in [0.1, 0.15) is 22.8 Å². The molecule has 1 aromatic heterocycles. The lowest BCUT2D eigenvalue weighted by atomic mass is 10.0. The number of nitrogens with one attached hydrogen (secondary N) is 1. The number of fused-ring (bicyclic) bond motifs is 5. The summed E-state index contributed by atoms with van der Waals surface area (Å²) in [5.74, 6) is 0.274. The molecule has 0 unspecified atom stereocenters. The molecule has 8 nitrogen and oxygen atoms in total. The van der Waals surface area contributed by atoms with Gasteiger partial charge >= 0.3 is 6.09 Å². The molecule has 148 valence electrons. The number of ketones is 1. The van der Waals surface area contributed by atoms with Crippen LogP contribution in [-0.4, -0.2) is 37.4 Å². The Kier molecular flexibility index (Phi) is 4.46. The zero-order valence-electron chi connectivity index (χ0n) is 16.1. The topological polar surface area (TPSA) is 95.9 Å². The van der Waals surface area contributed by atoms with Gasteiger partial charge in [0.15, 0.2) is 17.3 Å². The molecule has 1 N–H and O–H groups in total. The van der Waals surface area contributed by atoms with E-state index in [4.69, 9.17) is 14.2 Å². The van der Waals surface area contributed by atoms with Crippen molar-refractivity contribution in [3.8, 4) is 22.8 Å². The van der Waals surface area contributed by atoms with Gasteiger partial charge in [0.2, 0.25) is 0 Å². The van der Waals surface area contributed by atoms with Gasteiger partial charge in [0.05, 0.1) is 37.5 Å². The fourth-order valence-electron chi connectivity index (χ4n) is 3.67. The molecule has 3 aromatic rings. The van der Waals surface area contributed by atoms with E-state index in [2.05, 4.69) is 5.43 Å². The van der Waals surface area contributed by atoms with E-state index >= 15 is 0 Å². The summed E-state index contributed by atoms with van der Waals surface area (Å²) in [5.41, 5.74) is 3.50. The number of rotatable bonds is 4. The highest BCUT2D eigenvalue weighted by Crippen LogP contribution is 2.42. The molecule has 1 heterocycles. The van der Waals surface area contributed by atoms with Crippen LogP contribution >= 0.6 is 0 Å². The van der Waals surface area contributed by atoms with Crippen molar-refractivity contribution in [1.29, 1.82) is 0 Å². The van der Waals surface area contributed by atoms with Crippen LogP contribution < -0.4 is 20.5 Å². The van der Waals surface area contributed by atoms with E-state index in [1.54, 1.807) is 43.3 Å². The number of amides is 1. The molecule has 2 aromatic carbocycles. The van der Waals surface area contributed by atoms with Gasteiger partial charge in [0.1, 0.15) is 0 Å². The van der Waals surface area contributed by atoms with Crippen molar-refractivity contribution in [2.75, 3.05) is 26.3 Å². The van der Waals surface area contributed by atoms with E-state index in [0.717, 1.165) is 4.68 Å². The molecule has 0 atom stereocenters. The van der Waals surface area contributed by atoms with Gasteiger partial charge in [0, 0.05) is 16.5 Å². The third kappa shape index (κ3) is 2.64. The molecular weight excluding hydrogens is 376 g/mol. The summed E-state index contributed by atoms with van der Waals surface area (Å²) >= 11 is 0. The number of benzene rings is 2. The molecule has 0 saturated heterocycles. The second-order valence-corrected chi connectivity index (χ2v) is 6.29. The monoisotopic (exact) mass is 394 g/mol. The SMILES string of the molecule is CCOC(=O)Nn1c2c(c3ccc(OC)c(OC)c3c1=O)C(=O)c1ccccc1-2. The van der Waals surface area contributed by atoms with Crippen LogP contribution in [0.2, 0.25) is 0 Å². The molecule has 0 fully saturated rings. The van der Waals surface area contributed by atoms with Gasteiger partial charge < -0.3 is 14.2 Å². The maximum Gasteiger partial charge on any atom is 0.426 e. The summed E-state index contributed by atoms with van der Waals surface area (Å²) in [6.45, 7) is 1.78. The summed E-state index contributed by atoms with van der Waals surface area (Å²) in [6.07, 6.45) is -0.810. The number of hydrogen-bond acceptors (Lipinski definition) is 6. The van der Waals surface area contributed by atoms with Crippen molar-refractivity contribution in [2.45, 2.75) is 6.92 Å². The molecule has 1 aliphatic carbocycles. The Morgan fingerprint density at radius 2 is 1.76 bits per heavy atom. The first-order valence-electron chi connectivity index (χ1n) is 8.95. The van der Waals surface area contributed by atoms with Crippen molar-refractivity contribution in [1.82, 2.24) is 4.68 Å². The Hall–Kier alpha value is -3.81. The Labute approximate surface area is 165 Å². The van der Waals surface area contributed by atoms with E-state index in [1.165, 1.54) is 14.2 Å². The first-order chi connectivity index (χ1) is 14.0. The molecule has 8 heteroatoms. The third-order valence-corrected chi connectivity index (χ3v) is 4.82. The van der Waals surface area contributed by atoms with Crippen molar-refractivity contribution < 1.29 is 23.8 Å². The molecule has 0 spiro atoms. The fourth-order valence-corrected chi connectivity index (χ4v) is 3.67. The number of aromatic nitrogens is 1. The van der Waals surface area contributed by atoms with Gasteiger partial charge in [-0.3, -0.25) is 9.59 Å². The summed E-state index contributed by atoms with van der Waals surface area (Å²) < 4.78 is 16.7. The zero-order chi connectivity index (χ0) is 20.7. The molecular formula is C21H18N2O6. The van der Waals surface area contributed by atoms with Crippen LogP contribution in [0.3, 0.4) is 0 Å². The number of nitrogens with zero attached hydrogens (tertiary/aromatic N) is 1. The second-order valence-electron chi connectivity index (χ2n) is 6.29. The molecule has 29 heavy (non-hydrogen) atoms. The lowest BCUT2D eigenvalue weighted by Gasteiger charge is -2.17. The van der Waals surface area contributed by atoms with Crippen LogP contribution in [0.4, 0.5) is 4.79 Å². The summed E-state index contributed by atoms with van der Waals surface area (Å²) in [4.78, 5) is 38.8. The average molecular weight is 394 g/mol. The largest absolute Gasteiger partial charge is 0.493 e. The van der Waals surface area contributed by atoms with Crippen LogP contribution in [-0.2, 0) is 4.74 Å². The number of hydrogen-bond donors (Lipinski definition) is 1. The van der Waals surface area contributed by atoms with E-state index in [9.17, 15) is 14.4 Å². The number of carbonyl (C=O) groups excluding carboxylic acids is 2. The Morgan fingerprint density at radius 1 is 1.03 bits per heavy atom. The van der Waals surface area contributed by atoms with Gasteiger partial charge in [-0.1, -0.05) is 24.3 Å². The minimum Gasteiger partial charge on any atom is -0.493 e. The van der Waals surface area contributed by atoms with Gasteiger partial charge in [-0.25, -0.2) is 14.9 Å². The molecule has 0 aliphatic heterocycles. The van der Waals surface area contributed by atoms with Gasteiger partial charge in [-0.05, 0) is 19.1 Å². The smallest absolute Gasteiger partial charge is 0.426 e. The number of ether oxygens (including phenoxy) is 3. The quantitative estimate of drug-likeness (QED) is 0.572. The van der Waals surface area contributed by atoms with E-state index in [1.807, 2.05) is 0 Å². The zero-order valence-corrected chi connectivity index (χ0v) is 16.1. The first-order valence-corrected chi connectivity index (χ1v) is 8.95. The van der Waals surface area contributed by atoms with Crippen molar-refractivity contribution in [3.05, 3.63) is 57.9 Å². The Bertz CT molecular complexity index is 1230. The predicted molar refractivity (Wildman–Crippen MR) is 107 cm³/mol. The summed E-state index contributed by atoms with van der Waals surface area (Å²) in [7, 11) is 2.86. The molecule has 4 rings (SSSR count). The van der Waals surface area contributed by atoms with Gasteiger partial charge in [0.25, 0.3) is 5.56 Å². The Balaban J connectivity index is 2.15. The third-order valence-electron chi connectivity index (χ3n) is 4.82. The first kappa shape index (κ1) is 18.5. The van der Waals surface area contributed by atoms with E-state index < -0.39 is 11.7 Å². The van der Waals surface area contributed by atoms with Crippen molar-refractivity contribution in [2.24, 2.45) is 0 Å². The summed E-state index contributed by atoms with van der Waals surface area (Å²) in [6, 6.07) is 10.2. The van der Waals surface area contributed by atoms with E-state index in [0.29, 0.717) is 33.5 Å². The number of carbonyl (C=O) groups is 2. The molecule has 0 radical (unpaired) electrons.